The fraction of sp³-hybridized carbons (Fsp3) is 0.0725. The number of rotatable bonds is 17. The molecule has 0 radical (unpaired) electrons. The summed E-state index contributed by atoms with van der Waals surface area (Å²) >= 11 is 5.98. The van der Waals surface area contributed by atoms with Gasteiger partial charge < -0.3 is 67.9 Å². The summed E-state index contributed by atoms with van der Waals surface area (Å²) in [6, 6.07) is 60.3. The van der Waals surface area contributed by atoms with Crippen molar-refractivity contribution in [3.05, 3.63) is 236 Å². The summed E-state index contributed by atoms with van der Waals surface area (Å²) in [7, 11) is 7.97. The first-order chi connectivity index (χ1) is 44.8. The van der Waals surface area contributed by atoms with Crippen LogP contribution in [0.5, 0.6) is 28.7 Å². The zero-order valence-corrected chi connectivity index (χ0v) is 51.3. The van der Waals surface area contributed by atoms with Crippen molar-refractivity contribution in [1.29, 1.82) is 0 Å². The lowest BCUT2D eigenvalue weighted by molar-refractivity contribution is 0.415. The molecule has 0 saturated carbocycles. The van der Waals surface area contributed by atoms with Gasteiger partial charge in [-0.05, 0) is 158 Å². The van der Waals surface area contributed by atoms with Crippen molar-refractivity contribution in [2.75, 3.05) is 79.8 Å². The summed E-state index contributed by atoms with van der Waals surface area (Å²) < 4.78 is 39.1. The molecule has 12 rings (SSSR count). The Morgan fingerprint density at radius 1 is 0.326 bits per heavy atom. The van der Waals surface area contributed by atoms with Gasteiger partial charge in [0.1, 0.15) is 34.6 Å². The predicted octanol–water partition coefficient (Wildman–Crippen LogP) is 14.7. The zero-order valence-electron chi connectivity index (χ0n) is 50.5. The van der Waals surface area contributed by atoms with Crippen LogP contribution in [0.15, 0.2) is 225 Å². The lowest BCUT2D eigenvalue weighted by Crippen LogP contribution is -1.99. The number of halogens is 2. The molecule has 0 aliphatic heterocycles. The van der Waals surface area contributed by atoms with Crippen LogP contribution in [-0.2, 0) is 0 Å². The monoisotopic (exact) mass is 1250 g/mol. The van der Waals surface area contributed by atoms with E-state index in [9.17, 15) is 4.39 Å². The van der Waals surface area contributed by atoms with E-state index in [1.807, 2.05) is 158 Å². The SMILES string of the molecule is COc1ccc(-c2ccnc(Nc3cccc(Cl)c3)n2)cc1N.COc1ccc(-c2ccnc(Nc3cccc(F)c3)n2)cc1N.COc1ccc(-c2ccnc(Nc3ccccc3)n2)cc1N.COc1cccc(Nc2nccc(-c3ccc(OC)c(N)c3)n2)c1. The van der Waals surface area contributed by atoms with E-state index in [2.05, 4.69) is 61.1 Å². The minimum Gasteiger partial charge on any atom is -0.497 e. The van der Waals surface area contributed by atoms with Gasteiger partial charge in [-0.1, -0.05) is 48.0 Å². The molecule has 21 nitrogen and oxygen atoms in total. The molecule has 0 bridgehead atoms. The van der Waals surface area contributed by atoms with Gasteiger partial charge >= 0.3 is 0 Å². The normalized spacial score (nSPS) is 10.3. The Hall–Kier alpha value is -12.3. The molecule has 12 aromatic rings. The topological polar surface area (TPSA) is 301 Å². The van der Waals surface area contributed by atoms with Crippen molar-refractivity contribution in [3.8, 4) is 73.8 Å². The van der Waals surface area contributed by atoms with Crippen LogP contribution in [0.25, 0.3) is 45.0 Å². The van der Waals surface area contributed by atoms with E-state index in [0.717, 1.165) is 62.1 Å². The largest absolute Gasteiger partial charge is 0.497 e. The van der Waals surface area contributed by atoms with E-state index in [-0.39, 0.29) is 5.82 Å². The Balaban J connectivity index is 0.000000145. The van der Waals surface area contributed by atoms with Crippen LogP contribution in [0.4, 0.5) is 73.7 Å². The number of anilines is 12. The molecule has 92 heavy (non-hydrogen) atoms. The Kier molecular flexibility index (Phi) is 22.0. The number of nitrogens with zero attached hydrogens (tertiary/aromatic N) is 8. The summed E-state index contributed by atoms with van der Waals surface area (Å²) in [5.41, 5.74) is 35.8. The second kappa shape index (κ2) is 31.6. The van der Waals surface area contributed by atoms with Crippen LogP contribution >= 0.6 is 11.6 Å². The summed E-state index contributed by atoms with van der Waals surface area (Å²) in [5, 5.41) is 13.1. The zero-order chi connectivity index (χ0) is 64.8. The fourth-order valence-electron chi connectivity index (χ4n) is 8.76. The number of para-hydroxylation sites is 1. The second-order valence-corrected chi connectivity index (χ2v) is 19.9. The maximum absolute atomic E-state index is 13.2. The predicted molar refractivity (Wildman–Crippen MR) is 364 cm³/mol. The number of hydrogen-bond donors (Lipinski definition) is 8. The molecule has 23 heteroatoms. The molecule has 0 amide bonds. The number of ether oxygens (including phenoxy) is 5. The molecule has 0 unspecified atom stereocenters. The maximum Gasteiger partial charge on any atom is 0.227 e. The lowest BCUT2D eigenvalue weighted by atomic mass is 10.1. The summed E-state index contributed by atoms with van der Waals surface area (Å²) in [4.78, 5) is 34.8. The van der Waals surface area contributed by atoms with Crippen molar-refractivity contribution >= 4 is 80.9 Å². The number of nitrogens with one attached hydrogen (secondary N) is 4. The standard InChI is InChI=1S/C18H18N4O2.C17H15ClN4O.C17H15FN4O.C17H16N4O/c1-23-14-5-3-4-13(11-14)21-18-20-9-8-16(22-18)12-6-7-17(24-2)15(19)10-12;2*1-23-16-6-5-11(9-14(16)19)15-7-8-20-17(22-15)21-13-4-2-3-12(18)10-13;1-22-16-8-7-12(11-14(16)18)15-9-10-19-17(21-15)20-13-5-3-2-4-6-13/h3-11H,19H2,1-2H3,(H,20,21,22);2*2-10H,19H2,1H3,(H,20,21,22);2-11H,18H2,1H3,(H,19,20,21). The molecule has 0 fully saturated rings. The number of methoxy groups -OCH3 is 5. The molecule has 0 aliphatic carbocycles. The molecule has 0 atom stereocenters. The minimum absolute atomic E-state index is 0.325. The van der Waals surface area contributed by atoms with Crippen LogP contribution in [0.2, 0.25) is 5.02 Å². The average molecular weight is 1250 g/mol. The number of nitrogens with two attached hydrogens (primary N) is 4. The lowest BCUT2D eigenvalue weighted by Gasteiger charge is -2.09. The highest BCUT2D eigenvalue weighted by Crippen LogP contribution is 2.33. The minimum atomic E-state index is -0.325. The van der Waals surface area contributed by atoms with Gasteiger partial charge in [-0.2, -0.15) is 0 Å². The molecule has 0 saturated heterocycles. The van der Waals surface area contributed by atoms with E-state index < -0.39 is 0 Å². The van der Waals surface area contributed by atoms with E-state index in [1.54, 1.807) is 90.7 Å². The quantitative estimate of drug-likeness (QED) is 0.0393. The second-order valence-electron chi connectivity index (χ2n) is 19.5. The number of nitrogen functional groups attached to an aromatic ring is 4. The van der Waals surface area contributed by atoms with Gasteiger partial charge in [0.15, 0.2) is 0 Å². The highest BCUT2D eigenvalue weighted by molar-refractivity contribution is 6.30. The Bertz CT molecular complexity index is 4280. The van der Waals surface area contributed by atoms with E-state index >= 15 is 0 Å². The third-order valence-corrected chi connectivity index (χ3v) is 13.5. The van der Waals surface area contributed by atoms with E-state index in [1.165, 1.54) is 12.1 Å². The molecule has 464 valence electrons. The maximum atomic E-state index is 13.2. The smallest absolute Gasteiger partial charge is 0.227 e. The van der Waals surface area contributed by atoms with Gasteiger partial charge in [0.25, 0.3) is 0 Å². The summed E-state index contributed by atoms with van der Waals surface area (Å²) in [6.07, 6.45) is 6.74. The van der Waals surface area contributed by atoms with Gasteiger partial charge in [0, 0.05) is 80.9 Å². The third kappa shape index (κ3) is 17.9. The molecule has 0 aliphatic rings. The summed E-state index contributed by atoms with van der Waals surface area (Å²) in [6.45, 7) is 0. The number of benzene rings is 8. The molecule has 12 N–H and O–H groups in total. The van der Waals surface area contributed by atoms with Crippen molar-refractivity contribution in [1.82, 2.24) is 39.9 Å². The van der Waals surface area contributed by atoms with Crippen molar-refractivity contribution in [2.45, 2.75) is 0 Å². The van der Waals surface area contributed by atoms with Crippen LogP contribution < -0.4 is 67.9 Å². The van der Waals surface area contributed by atoms with Gasteiger partial charge in [0.05, 0.1) is 81.1 Å². The van der Waals surface area contributed by atoms with Gasteiger partial charge in [-0.15, -0.1) is 0 Å². The first kappa shape index (κ1) is 64.2. The fourth-order valence-corrected chi connectivity index (χ4v) is 8.95. The van der Waals surface area contributed by atoms with E-state index in [4.69, 9.17) is 58.2 Å². The molecule has 4 heterocycles. The molecule has 0 spiro atoms. The highest BCUT2D eigenvalue weighted by atomic mass is 35.5. The highest BCUT2D eigenvalue weighted by Gasteiger charge is 2.12. The summed E-state index contributed by atoms with van der Waals surface area (Å²) in [5.74, 6) is 4.88. The molecular weight excluding hydrogens is 1190 g/mol. The average Bonchev–Trinajstić information content (AvgIpc) is 1.52. The Morgan fingerprint density at radius 3 is 0.989 bits per heavy atom. The third-order valence-electron chi connectivity index (χ3n) is 13.2. The first-order valence-corrected chi connectivity index (χ1v) is 28.5. The van der Waals surface area contributed by atoms with Crippen LogP contribution in [-0.4, -0.2) is 75.4 Å². The van der Waals surface area contributed by atoms with E-state index in [0.29, 0.717) is 85.9 Å². The first-order valence-electron chi connectivity index (χ1n) is 28.1. The number of aromatic nitrogens is 8. The molecule has 8 aromatic carbocycles. The van der Waals surface area contributed by atoms with Crippen LogP contribution in [0.1, 0.15) is 0 Å². The molecule has 4 aromatic heterocycles. The van der Waals surface area contributed by atoms with Gasteiger partial charge in [0.2, 0.25) is 23.8 Å². The van der Waals surface area contributed by atoms with Gasteiger partial charge in [-0.25, -0.2) is 44.3 Å². The van der Waals surface area contributed by atoms with Crippen LogP contribution in [0.3, 0.4) is 0 Å². The van der Waals surface area contributed by atoms with Gasteiger partial charge in [-0.3, -0.25) is 0 Å². The van der Waals surface area contributed by atoms with Crippen molar-refractivity contribution in [2.24, 2.45) is 0 Å². The van der Waals surface area contributed by atoms with Crippen molar-refractivity contribution < 1.29 is 28.1 Å². The van der Waals surface area contributed by atoms with Crippen molar-refractivity contribution in [3.63, 3.8) is 0 Å². The number of hydrogen-bond acceptors (Lipinski definition) is 21. The Morgan fingerprint density at radius 2 is 0.652 bits per heavy atom. The molecular formula is C69H64ClFN16O5. The van der Waals surface area contributed by atoms with Crippen LogP contribution in [0, 0.1) is 5.82 Å². The Labute approximate surface area is 535 Å².